The minimum Gasteiger partial charge on any atom is -0.353 e. The van der Waals surface area contributed by atoms with E-state index in [4.69, 9.17) is 4.37 Å². The van der Waals surface area contributed by atoms with Gasteiger partial charge in [0, 0.05) is 38.1 Å². The first kappa shape index (κ1) is 23.8. The maximum atomic E-state index is 12.7. The Morgan fingerprint density at radius 3 is 2.43 bits per heavy atom. The molecule has 0 radical (unpaired) electrons. The zero-order valence-corrected chi connectivity index (χ0v) is 21.7. The Morgan fingerprint density at radius 1 is 0.943 bits per heavy atom. The second kappa shape index (κ2) is 9.97. The molecule has 6 nitrogen and oxygen atoms in total. The van der Waals surface area contributed by atoms with Crippen molar-refractivity contribution in [1.82, 2.24) is 9.27 Å². The quantitative estimate of drug-likeness (QED) is 0.379. The first-order valence-electron chi connectivity index (χ1n) is 11.9. The molecular weight excluding hydrogens is 476 g/mol. The van der Waals surface area contributed by atoms with Crippen LogP contribution in [0.3, 0.4) is 0 Å². The van der Waals surface area contributed by atoms with E-state index in [-0.39, 0.29) is 4.90 Å². The second-order valence-corrected chi connectivity index (χ2v) is 11.6. The third-order valence-corrected chi connectivity index (χ3v) is 8.81. The highest BCUT2D eigenvalue weighted by Crippen LogP contribution is 2.30. The highest BCUT2D eigenvalue weighted by Gasteiger charge is 2.21. The van der Waals surface area contributed by atoms with Gasteiger partial charge in [-0.05, 0) is 73.3 Å². The number of sulfonamides is 1. The number of aryl methyl sites for hydroxylation is 2. The number of rotatable bonds is 7. The zero-order valence-electron chi connectivity index (χ0n) is 20.1. The summed E-state index contributed by atoms with van der Waals surface area (Å²) in [6.07, 6.45) is 0.936. The molecule has 35 heavy (non-hydrogen) atoms. The summed E-state index contributed by atoms with van der Waals surface area (Å²) < 4.78 is 34.2. The van der Waals surface area contributed by atoms with Gasteiger partial charge in [0.05, 0.1) is 15.3 Å². The highest BCUT2D eigenvalue weighted by atomic mass is 32.2. The van der Waals surface area contributed by atoms with Gasteiger partial charge in [-0.15, -0.1) is 0 Å². The molecule has 0 bridgehead atoms. The van der Waals surface area contributed by atoms with Crippen LogP contribution >= 0.6 is 11.5 Å². The summed E-state index contributed by atoms with van der Waals surface area (Å²) in [5.74, 6) is 1.12. The smallest absolute Gasteiger partial charge is 0.261 e. The van der Waals surface area contributed by atoms with E-state index >= 15 is 0 Å². The lowest BCUT2D eigenvalue weighted by molar-refractivity contribution is 0.261. The van der Waals surface area contributed by atoms with Crippen molar-refractivity contribution in [2.45, 2.75) is 25.2 Å². The molecule has 2 heterocycles. The van der Waals surface area contributed by atoms with Crippen molar-refractivity contribution in [2.75, 3.05) is 42.3 Å². The fraction of sp³-hybridized carbons (Fsp3) is 0.296. The third kappa shape index (κ3) is 5.34. The molecule has 5 rings (SSSR count). The number of piperazine rings is 1. The number of aromatic nitrogens is 1. The van der Waals surface area contributed by atoms with Crippen LogP contribution in [-0.2, 0) is 16.4 Å². The van der Waals surface area contributed by atoms with Crippen molar-refractivity contribution in [3.8, 4) is 0 Å². The van der Waals surface area contributed by atoms with Gasteiger partial charge in [0.2, 0.25) is 0 Å². The number of nitrogens with zero attached hydrogens (tertiary/aromatic N) is 3. The van der Waals surface area contributed by atoms with E-state index in [9.17, 15) is 8.42 Å². The lowest BCUT2D eigenvalue weighted by atomic mass is 10.1. The van der Waals surface area contributed by atoms with Crippen molar-refractivity contribution >= 4 is 43.1 Å². The standard InChI is InChI=1S/C27H30N4O2S2/c1-20-7-10-23(11-8-20)35(32,33)29-25-12-9-22(19-21(25)2)13-14-30-15-17-31(18-16-30)27-24-5-3-4-6-26(24)34-28-27/h3-12,19,29H,13-18H2,1-2H3. The lowest BCUT2D eigenvalue weighted by Crippen LogP contribution is -2.47. The van der Waals surface area contributed by atoms with Crippen molar-refractivity contribution in [3.05, 3.63) is 83.4 Å². The van der Waals surface area contributed by atoms with E-state index in [0.29, 0.717) is 5.69 Å². The largest absolute Gasteiger partial charge is 0.353 e. The Balaban J connectivity index is 1.16. The predicted octanol–water partition coefficient (Wildman–Crippen LogP) is 5.08. The van der Waals surface area contributed by atoms with Crippen LogP contribution < -0.4 is 9.62 Å². The van der Waals surface area contributed by atoms with Crippen LogP contribution in [0.25, 0.3) is 10.1 Å². The third-order valence-electron chi connectivity index (χ3n) is 6.61. The van der Waals surface area contributed by atoms with Crippen molar-refractivity contribution in [2.24, 2.45) is 0 Å². The van der Waals surface area contributed by atoms with E-state index in [0.717, 1.165) is 56.1 Å². The molecule has 0 amide bonds. The van der Waals surface area contributed by atoms with Crippen LogP contribution in [0.5, 0.6) is 0 Å². The summed E-state index contributed by atoms with van der Waals surface area (Å²) in [6, 6.07) is 21.3. The van der Waals surface area contributed by atoms with E-state index in [2.05, 4.69) is 44.9 Å². The minimum absolute atomic E-state index is 0.274. The number of hydrogen-bond donors (Lipinski definition) is 1. The van der Waals surface area contributed by atoms with Crippen LogP contribution in [0.4, 0.5) is 11.5 Å². The molecule has 1 aromatic heterocycles. The molecule has 4 aromatic rings. The summed E-state index contributed by atoms with van der Waals surface area (Å²) in [4.78, 5) is 5.17. The number of hydrogen-bond acceptors (Lipinski definition) is 6. The molecule has 0 spiro atoms. The van der Waals surface area contributed by atoms with Gasteiger partial charge < -0.3 is 4.90 Å². The van der Waals surface area contributed by atoms with Crippen LogP contribution in [0.1, 0.15) is 16.7 Å². The molecule has 0 atom stereocenters. The average molecular weight is 507 g/mol. The lowest BCUT2D eigenvalue weighted by Gasteiger charge is -2.35. The van der Waals surface area contributed by atoms with Crippen LogP contribution in [0, 0.1) is 13.8 Å². The van der Waals surface area contributed by atoms with E-state index < -0.39 is 10.0 Å². The van der Waals surface area contributed by atoms with Gasteiger partial charge in [0.25, 0.3) is 10.0 Å². The molecule has 0 aliphatic carbocycles. The van der Waals surface area contributed by atoms with Gasteiger partial charge in [-0.1, -0.05) is 42.0 Å². The number of benzene rings is 3. The van der Waals surface area contributed by atoms with Gasteiger partial charge in [-0.2, -0.15) is 4.37 Å². The number of nitrogens with one attached hydrogen (secondary N) is 1. The Hall–Kier alpha value is -2.94. The maximum absolute atomic E-state index is 12.7. The van der Waals surface area contributed by atoms with E-state index in [1.165, 1.54) is 15.6 Å². The molecule has 0 unspecified atom stereocenters. The van der Waals surface area contributed by atoms with Crippen molar-refractivity contribution in [1.29, 1.82) is 0 Å². The summed E-state index contributed by atoms with van der Waals surface area (Å²) in [6.45, 7) is 8.86. The average Bonchev–Trinajstić information content (AvgIpc) is 3.29. The molecular formula is C27H30N4O2S2. The highest BCUT2D eigenvalue weighted by molar-refractivity contribution is 7.92. The Morgan fingerprint density at radius 2 is 1.69 bits per heavy atom. The Bertz CT molecular complexity index is 1420. The van der Waals surface area contributed by atoms with Crippen molar-refractivity contribution < 1.29 is 8.42 Å². The maximum Gasteiger partial charge on any atom is 0.261 e. The first-order valence-corrected chi connectivity index (χ1v) is 14.2. The number of fused-ring (bicyclic) bond motifs is 1. The molecule has 1 saturated heterocycles. The molecule has 3 aromatic carbocycles. The fourth-order valence-electron chi connectivity index (χ4n) is 4.49. The summed E-state index contributed by atoms with van der Waals surface area (Å²) in [5.41, 5.74) is 3.80. The zero-order chi connectivity index (χ0) is 24.4. The van der Waals surface area contributed by atoms with Gasteiger partial charge >= 0.3 is 0 Å². The topological polar surface area (TPSA) is 65.5 Å². The number of anilines is 2. The minimum atomic E-state index is -3.60. The van der Waals surface area contributed by atoms with Gasteiger partial charge in [-0.25, -0.2) is 8.42 Å². The van der Waals surface area contributed by atoms with Crippen LogP contribution in [-0.4, -0.2) is 50.4 Å². The summed E-state index contributed by atoms with van der Waals surface area (Å²) >= 11 is 1.57. The monoisotopic (exact) mass is 506 g/mol. The predicted molar refractivity (Wildman–Crippen MR) is 145 cm³/mol. The first-order chi connectivity index (χ1) is 16.9. The van der Waals surface area contributed by atoms with Gasteiger partial charge in [-0.3, -0.25) is 9.62 Å². The molecule has 1 aliphatic rings. The van der Waals surface area contributed by atoms with Crippen molar-refractivity contribution in [3.63, 3.8) is 0 Å². The van der Waals surface area contributed by atoms with E-state index in [1.807, 2.05) is 38.1 Å². The summed E-state index contributed by atoms with van der Waals surface area (Å²) in [7, 11) is -3.60. The molecule has 1 N–H and O–H groups in total. The fourth-order valence-corrected chi connectivity index (χ4v) is 6.41. The molecule has 8 heteroatoms. The van der Waals surface area contributed by atoms with Gasteiger partial charge in [0.1, 0.15) is 5.82 Å². The molecule has 1 aliphatic heterocycles. The van der Waals surface area contributed by atoms with Crippen LogP contribution in [0.15, 0.2) is 71.6 Å². The Kier molecular flexibility index (Phi) is 6.77. The molecule has 1 fully saturated rings. The van der Waals surface area contributed by atoms with Crippen LogP contribution in [0.2, 0.25) is 0 Å². The van der Waals surface area contributed by atoms with Gasteiger partial charge in [0.15, 0.2) is 0 Å². The van der Waals surface area contributed by atoms with E-state index in [1.54, 1.807) is 23.7 Å². The normalized spacial score (nSPS) is 15.0. The SMILES string of the molecule is Cc1ccc(S(=O)(=O)Nc2ccc(CCN3CCN(c4nsc5ccccc45)CC3)cc2C)cc1. The summed E-state index contributed by atoms with van der Waals surface area (Å²) in [5, 5.41) is 1.25. The molecule has 0 saturated carbocycles. The molecule has 182 valence electrons. The Labute approximate surface area is 211 Å². The second-order valence-electron chi connectivity index (χ2n) is 9.15.